The Labute approximate surface area is 160 Å². The van der Waals surface area contributed by atoms with Crippen LogP contribution in [0.1, 0.15) is 5.56 Å². The summed E-state index contributed by atoms with van der Waals surface area (Å²) in [6.45, 7) is 0. The first-order chi connectivity index (χ1) is 13.6. The minimum absolute atomic E-state index is 0.194. The van der Waals surface area contributed by atoms with Gasteiger partial charge in [0.15, 0.2) is 0 Å². The van der Waals surface area contributed by atoms with E-state index in [1.54, 1.807) is 16.7 Å². The van der Waals surface area contributed by atoms with Crippen molar-refractivity contribution in [2.75, 3.05) is 0 Å². The van der Waals surface area contributed by atoms with Crippen LogP contribution in [0.5, 0.6) is 0 Å². The summed E-state index contributed by atoms with van der Waals surface area (Å²) in [7, 11) is 0. The van der Waals surface area contributed by atoms with Crippen LogP contribution in [0.4, 0.5) is 4.39 Å². The maximum Gasteiger partial charge on any atom is 0.248 e. The van der Waals surface area contributed by atoms with Crippen molar-refractivity contribution in [2.24, 2.45) is 0 Å². The summed E-state index contributed by atoms with van der Waals surface area (Å²) in [5.74, 6) is -1.87. The van der Waals surface area contributed by atoms with Crippen LogP contribution >= 0.6 is 0 Å². The molecule has 0 amide bonds. The zero-order valence-electron chi connectivity index (χ0n) is 14.9. The Hall–Kier alpha value is -3.51. The van der Waals surface area contributed by atoms with Gasteiger partial charge in [-0.1, -0.05) is 47.7 Å². The largest absolute Gasteiger partial charge is 0.352 e. The van der Waals surface area contributed by atoms with Gasteiger partial charge in [0.25, 0.3) is 0 Å². The first-order valence-electron chi connectivity index (χ1n) is 8.99. The third kappa shape index (κ3) is 2.58. The highest BCUT2D eigenvalue weighted by molar-refractivity contribution is 5.80. The number of aromatic nitrogens is 4. The lowest BCUT2D eigenvalue weighted by Gasteiger charge is -2.31. The first-order valence-corrected chi connectivity index (χ1v) is 8.99. The van der Waals surface area contributed by atoms with Crippen molar-refractivity contribution in [2.45, 2.75) is 12.3 Å². The van der Waals surface area contributed by atoms with Crippen molar-refractivity contribution in [1.29, 1.82) is 0 Å². The smallest absolute Gasteiger partial charge is 0.248 e. The quantitative estimate of drug-likeness (QED) is 0.520. The molecule has 0 saturated heterocycles. The molecule has 5 aromatic rings. The number of hydrogen-bond donors (Lipinski definition) is 1. The molecule has 0 fully saturated rings. The third-order valence-corrected chi connectivity index (χ3v) is 5.03. The highest BCUT2D eigenvalue weighted by atomic mass is 19.1. The van der Waals surface area contributed by atoms with Gasteiger partial charge < -0.3 is 5.11 Å². The number of nitrogens with zero attached hydrogens (tertiary/aromatic N) is 4. The molecular weight excluding hydrogens is 355 g/mol. The molecule has 1 atom stereocenters. The first kappa shape index (κ1) is 16.6. The molecule has 0 aliphatic rings. The molecule has 5 rings (SSSR count). The van der Waals surface area contributed by atoms with Crippen LogP contribution in [0.25, 0.3) is 21.9 Å². The second kappa shape index (κ2) is 6.28. The molecule has 138 valence electrons. The third-order valence-electron chi connectivity index (χ3n) is 5.03. The lowest BCUT2D eigenvalue weighted by atomic mass is 10.1. The van der Waals surface area contributed by atoms with Crippen molar-refractivity contribution in [3.05, 3.63) is 96.4 Å². The molecule has 0 saturated carbocycles. The van der Waals surface area contributed by atoms with Crippen molar-refractivity contribution >= 4 is 21.9 Å². The Morgan fingerprint density at radius 3 is 2.39 bits per heavy atom. The average Bonchev–Trinajstić information content (AvgIpc) is 3.34. The Balaban J connectivity index is 1.75. The number of aliphatic hydroxyl groups is 1. The van der Waals surface area contributed by atoms with E-state index in [9.17, 15) is 9.50 Å². The Morgan fingerprint density at radius 2 is 1.57 bits per heavy atom. The molecule has 1 N–H and O–H groups in total. The number of benzene rings is 3. The molecule has 0 spiro atoms. The van der Waals surface area contributed by atoms with E-state index < -0.39 is 5.85 Å². The number of hydrogen-bond acceptors (Lipinski definition) is 3. The van der Waals surface area contributed by atoms with Crippen LogP contribution in [0, 0.1) is 5.82 Å². The van der Waals surface area contributed by atoms with Crippen molar-refractivity contribution < 1.29 is 9.50 Å². The zero-order chi connectivity index (χ0) is 19.1. The molecule has 3 aromatic carbocycles. The molecule has 1 unspecified atom stereocenters. The molecule has 5 nitrogen and oxygen atoms in total. The van der Waals surface area contributed by atoms with Crippen LogP contribution < -0.4 is 0 Å². The van der Waals surface area contributed by atoms with Gasteiger partial charge in [-0.25, -0.2) is 4.39 Å². The van der Waals surface area contributed by atoms with E-state index in [-0.39, 0.29) is 12.2 Å². The predicted molar refractivity (Wildman–Crippen MR) is 105 cm³/mol. The fraction of sp³-hybridized carbons (Fsp3) is 0.0909. The summed E-state index contributed by atoms with van der Waals surface area (Å²) in [5, 5.41) is 21.5. The van der Waals surface area contributed by atoms with Crippen molar-refractivity contribution in [3.8, 4) is 0 Å². The fourth-order valence-electron chi connectivity index (χ4n) is 3.67. The van der Waals surface area contributed by atoms with E-state index in [1.807, 2.05) is 60.8 Å². The van der Waals surface area contributed by atoms with Gasteiger partial charge in [-0.3, -0.25) is 4.57 Å². The number of fused-ring (bicyclic) bond motifs is 2. The van der Waals surface area contributed by atoms with Crippen LogP contribution in [-0.2, 0) is 12.3 Å². The van der Waals surface area contributed by atoms with Gasteiger partial charge in [0.1, 0.15) is 11.3 Å². The molecule has 2 heterocycles. The normalized spacial score (nSPS) is 13.8. The van der Waals surface area contributed by atoms with E-state index >= 15 is 0 Å². The van der Waals surface area contributed by atoms with Gasteiger partial charge in [0.05, 0.1) is 11.0 Å². The van der Waals surface area contributed by atoms with Crippen molar-refractivity contribution in [3.63, 3.8) is 0 Å². The molecular formula is C22H17FN4O. The van der Waals surface area contributed by atoms with Gasteiger partial charge in [0.2, 0.25) is 5.85 Å². The molecule has 0 aliphatic heterocycles. The predicted octanol–water partition coefficient (Wildman–Crippen LogP) is 3.92. The van der Waals surface area contributed by atoms with Crippen LogP contribution in [-0.4, -0.2) is 24.7 Å². The van der Waals surface area contributed by atoms with Crippen LogP contribution in [0.2, 0.25) is 0 Å². The Bertz CT molecular complexity index is 1200. The highest BCUT2D eigenvalue weighted by Crippen LogP contribution is 2.29. The summed E-state index contributed by atoms with van der Waals surface area (Å²) in [4.78, 5) is 0. The van der Waals surface area contributed by atoms with Gasteiger partial charge in [-0.05, 0) is 47.3 Å². The summed E-state index contributed by atoms with van der Waals surface area (Å²) in [6.07, 6.45) is 2.03. The lowest BCUT2D eigenvalue weighted by Crippen LogP contribution is -2.43. The second-order valence-corrected chi connectivity index (χ2v) is 6.81. The minimum atomic E-state index is -1.56. The van der Waals surface area contributed by atoms with E-state index in [4.69, 9.17) is 0 Å². The summed E-state index contributed by atoms with van der Waals surface area (Å²) >= 11 is 0. The molecule has 0 radical (unpaired) electrons. The average molecular weight is 372 g/mol. The Kier molecular flexibility index (Phi) is 3.74. The molecule has 0 bridgehead atoms. The van der Waals surface area contributed by atoms with E-state index in [0.29, 0.717) is 11.0 Å². The number of para-hydroxylation sites is 2. The lowest BCUT2D eigenvalue weighted by molar-refractivity contribution is -0.0709. The number of rotatable bonds is 4. The van der Waals surface area contributed by atoms with Gasteiger partial charge in [-0.15, -0.1) is 5.10 Å². The highest BCUT2D eigenvalue weighted by Gasteiger charge is 2.35. The Morgan fingerprint density at radius 1 is 0.857 bits per heavy atom. The summed E-state index contributed by atoms with van der Waals surface area (Å²) in [5.41, 5.74) is 3.05. The minimum Gasteiger partial charge on any atom is -0.352 e. The van der Waals surface area contributed by atoms with Crippen LogP contribution in [0.3, 0.4) is 0 Å². The van der Waals surface area contributed by atoms with Crippen LogP contribution in [0.15, 0.2) is 85.1 Å². The fourth-order valence-corrected chi connectivity index (χ4v) is 3.67. The van der Waals surface area contributed by atoms with Gasteiger partial charge in [-0.2, -0.15) is 4.68 Å². The van der Waals surface area contributed by atoms with E-state index in [2.05, 4.69) is 10.3 Å². The summed E-state index contributed by atoms with van der Waals surface area (Å²) < 4.78 is 16.7. The molecule has 6 heteroatoms. The second-order valence-electron chi connectivity index (χ2n) is 6.81. The maximum absolute atomic E-state index is 13.4. The molecule has 2 aromatic heterocycles. The summed E-state index contributed by atoms with van der Waals surface area (Å²) in [6, 6.07) is 23.4. The zero-order valence-corrected chi connectivity index (χ0v) is 14.9. The topological polar surface area (TPSA) is 55.9 Å². The number of halogens is 1. The SMILES string of the molecule is OC(Cc1ccc(F)cc1)(n1ccc2ccccc21)n1nnc2ccccc21. The molecule has 28 heavy (non-hydrogen) atoms. The van der Waals surface area contributed by atoms with E-state index in [1.165, 1.54) is 16.8 Å². The van der Waals surface area contributed by atoms with E-state index in [0.717, 1.165) is 16.5 Å². The standard InChI is InChI=1S/C22H17FN4O/c23-18-11-9-16(10-12-18)15-22(28,26-14-13-17-5-1-3-7-20(17)26)27-21-8-4-2-6-19(21)24-25-27/h1-14,28H,15H2. The molecule has 0 aliphatic carbocycles. The van der Waals surface area contributed by atoms with Gasteiger partial charge >= 0.3 is 0 Å². The van der Waals surface area contributed by atoms with Crippen molar-refractivity contribution in [1.82, 2.24) is 19.6 Å². The monoisotopic (exact) mass is 372 g/mol. The van der Waals surface area contributed by atoms with Gasteiger partial charge in [0, 0.05) is 12.6 Å². The maximum atomic E-state index is 13.4.